The van der Waals surface area contributed by atoms with Gasteiger partial charge in [-0.25, -0.2) is 0 Å². The van der Waals surface area contributed by atoms with E-state index in [1.807, 2.05) is 0 Å². The van der Waals surface area contributed by atoms with Gasteiger partial charge in [0.05, 0.1) is 6.10 Å². The van der Waals surface area contributed by atoms with Gasteiger partial charge < -0.3 is 10.1 Å². The van der Waals surface area contributed by atoms with Crippen molar-refractivity contribution in [2.75, 3.05) is 13.2 Å². The second-order valence-electron chi connectivity index (χ2n) is 6.28. The van der Waals surface area contributed by atoms with Crippen molar-refractivity contribution >= 4 is 0 Å². The summed E-state index contributed by atoms with van der Waals surface area (Å²) in [5.41, 5.74) is 0.258. The fourth-order valence-corrected chi connectivity index (χ4v) is 2.18. The molecule has 96 valence electrons. The van der Waals surface area contributed by atoms with E-state index in [1.165, 1.54) is 32.1 Å². The molecule has 0 saturated carbocycles. The molecule has 0 aliphatic carbocycles. The predicted molar refractivity (Wildman–Crippen MR) is 69.7 cm³/mol. The van der Waals surface area contributed by atoms with Crippen molar-refractivity contribution in [2.45, 2.75) is 71.4 Å². The van der Waals surface area contributed by atoms with Gasteiger partial charge in [-0.1, -0.05) is 6.92 Å². The summed E-state index contributed by atoms with van der Waals surface area (Å²) in [6, 6.07) is 0. The van der Waals surface area contributed by atoms with E-state index >= 15 is 0 Å². The van der Waals surface area contributed by atoms with Crippen LogP contribution in [0.5, 0.6) is 0 Å². The van der Waals surface area contributed by atoms with Crippen molar-refractivity contribution in [1.29, 1.82) is 0 Å². The first-order valence-corrected chi connectivity index (χ1v) is 6.84. The van der Waals surface area contributed by atoms with E-state index in [1.54, 1.807) is 0 Å². The maximum atomic E-state index is 5.65. The molecular weight excluding hydrogens is 198 g/mol. The van der Waals surface area contributed by atoms with E-state index in [-0.39, 0.29) is 5.54 Å². The quantitative estimate of drug-likeness (QED) is 0.751. The zero-order valence-corrected chi connectivity index (χ0v) is 11.5. The molecule has 0 radical (unpaired) electrons. The lowest BCUT2D eigenvalue weighted by Crippen LogP contribution is -2.36. The van der Waals surface area contributed by atoms with Gasteiger partial charge in [-0.15, -0.1) is 0 Å². The number of nitrogens with one attached hydrogen (secondary N) is 1. The molecule has 1 saturated heterocycles. The zero-order valence-electron chi connectivity index (χ0n) is 11.5. The Labute approximate surface area is 101 Å². The molecule has 0 aromatic carbocycles. The second kappa shape index (κ2) is 6.61. The van der Waals surface area contributed by atoms with Gasteiger partial charge in [0, 0.05) is 12.1 Å². The molecule has 2 heteroatoms. The number of rotatable bonds is 6. The summed E-state index contributed by atoms with van der Waals surface area (Å²) >= 11 is 0. The summed E-state index contributed by atoms with van der Waals surface area (Å²) in [6.07, 6.45) is 6.98. The van der Waals surface area contributed by atoms with Crippen LogP contribution in [0.15, 0.2) is 0 Å². The maximum absolute atomic E-state index is 5.65. The van der Waals surface area contributed by atoms with E-state index in [4.69, 9.17) is 4.74 Å². The van der Waals surface area contributed by atoms with Gasteiger partial charge in [0.15, 0.2) is 0 Å². The molecule has 1 N–H and O–H groups in total. The molecule has 2 unspecified atom stereocenters. The Morgan fingerprint density at radius 2 is 2.06 bits per heavy atom. The molecule has 1 heterocycles. The topological polar surface area (TPSA) is 21.3 Å². The van der Waals surface area contributed by atoms with Gasteiger partial charge in [-0.2, -0.15) is 0 Å². The van der Waals surface area contributed by atoms with Gasteiger partial charge >= 0.3 is 0 Å². The highest BCUT2D eigenvalue weighted by Crippen LogP contribution is 2.20. The smallest absolute Gasteiger partial charge is 0.0576 e. The third-order valence-electron chi connectivity index (χ3n) is 3.30. The average molecular weight is 227 g/mol. The molecule has 0 aromatic heterocycles. The van der Waals surface area contributed by atoms with Crippen LogP contribution in [0.4, 0.5) is 0 Å². The highest BCUT2D eigenvalue weighted by molar-refractivity contribution is 4.71. The fraction of sp³-hybridized carbons (Fsp3) is 1.00. The first-order valence-electron chi connectivity index (χ1n) is 6.84. The monoisotopic (exact) mass is 227 g/mol. The molecule has 1 aliphatic rings. The van der Waals surface area contributed by atoms with Crippen molar-refractivity contribution in [3.05, 3.63) is 0 Å². The van der Waals surface area contributed by atoms with E-state index in [2.05, 4.69) is 33.0 Å². The molecule has 0 bridgehead atoms. The minimum atomic E-state index is 0.258. The van der Waals surface area contributed by atoms with Crippen molar-refractivity contribution in [3.8, 4) is 0 Å². The van der Waals surface area contributed by atoms with E-state index in [9.17, 15) is 0 Å². The van der Waals surface area contributed by atoms with E-state index in [0.29, 0.717) is 6.10 Å². The van der Waals surface area contributed by atoms with E-state index in [0.717, 1.165) is 19.1 Å². The molecule has 2 atom stereocenters. The minimum absolute atomic E-state index is 0.258. The van der Waals surface area contributed by atoms with Crippen molar-refractivity contribution in [1.82, 2.24) is 5.32 Å². The molecule has 0 amide bonds. The number of ether oxygens (including phenoxy) is 1. The van der Waals surface area contributed by atoms with Gasteiger partial charge in [0.1, 0.15) is 0 Å². The Kier molecular flexibility index (Phi) is 5.77. The summed E-state index contributed by atoms with van der Waals surface area (Å²) in [5.74, 6) is 0.819. The van der Waals surface area contributed by atoms with Crippen LogP contribution >= 0.6 is 0 Å². The average Bonchev–Trinajstić information content (AvgIpc) is 2.65. The van der Waals surface area contributed by atoms with Crippen molar-refractivity contribution < 1.29 is 4.74 Å². The lowest BCUT2D eigenvalue weighted by Gasteiger charge is -2.22. The molecule has 0 aromatic rings. The maximum Gasteiger partial charge on any atom is 0.0576 e. The third-order valence-corrected chi connectivity index (χ3v) is 3.30. The Hall–Kier alpha value is -0.0800. The number of hydrogen-bond donors (Lipinski definition) is 1. The van der Waals surface area contributed by atoms with Crippen LogP contribution in [0.3, 0.4) is 0 Å². The zero-order chi connectivity index (χ0) is 12.0. The van der Waals surface area contributed by atoms with Gasteiger partial charge in [-0.05, 0) is 65.3 Å². The van der Waals surface area contributed by atoms with Crippen molar-refractivity contribution in [3.63, 3.8) is 0 Å². The van der Waals surface area contributed by atoms with Gasteiger partial charge in [0.2, 0.25) is 0 Å². The highest BCUT2D eigenvalue weighted by atomic mass is 16.5. The molecule has 1 fully saturated rings. The van der Waals surface area contributed by atoms with Crippen LogP contribution in [0.25, 0.3) is 0 Å². The van der Waals surface area contributed by atoms with Crippen LogP contribution in [-0.4, -0.2) is 24.8 Å². The van der Waals surface area contributed by atoms with Gasteiger partial charge in [0.25, 0.3) is 0 Å². The van der Waals surface area contributed by atoms with Gasteiger partial charge in [-0.3, -0.25) is 0 Å². The Bertz CT molecular complexity index is 180. The SMILES string of the molecule is CC(CCNC(C)(C)C)CCC1CCCO1. The second-order valence-corrected chi connectivity index (χ2v) is 6.28. The number of hydrogen-bond acceptors (Lipinski definition) is 2. The summed E-state index contributed by atoms with van der Waals surface area (Å²) in [5, 5.41) is 3.55. The molecule has 2 nitrogen and oxygen atoms in total. The fourth-order valence-electron chi connectivity index (χ4n) is 2.18. The Morgan fingerprint density at radius 3 is 2.62 bits per heavy atom. The Balaban J connectivity index is 2.00. The van der Waals surface area contributed by atoms with Crippen LogP contribution in [-0.2, 0) is 4.74 Å². The summed E-state index contributed by atoms with van der Waals surface area (Å²) in [6.45, 7) is 11.2. The van der Waals surface area contributed by atoms with Crippen LogP contribution in [0.2, 0.25) is 0 Å². The first-order chi connectivity index (χ1) is 7.47. The largest absolute Gasteiger partial charge is 0.378 e. The lowest BCUT2D eigenvalue weighted by atomic mass is 9.98. The molecule has 1 rings (SSSR count). The molecular formula is C14H29NO. The van der Waals surface area contributed by atoms with E-state index < -0.39 is 0 Å². The van der Waals surface area contributed by atoms with Crippen LogP contribution in [0.1, 0.15) is 59.8 Å². The van der Waals surface area contributed by atoms with Crippen molar-refractivity contribution in [2.24, 2.45) is 5.92 Å². The summed E-state index contributed by atoms with van der Waals surface area (Å²) in [7, 11) is 0. The first kappa shape index (κ1) is 14.0. The summed E-state index contributed by atoms with van der Waals surface area (Å²) < 4.78 is 5.65. The normalized spacial score (nSPS) is 23.6. The molecule has 16 heavy (non-hydrogen) atoms. The molecule has 0 spiro atoms. The third kappa shape index (κ3) is 6.49. The van der Waals surface area contributed by atoms with Crippen LogP contribution in [0, 0.1) is 5.92 Å². The predicted octanol–water partition coefficient (Wildman–Crippen LogP) is 3.36. The van der Waals surface area contributed by atoms with Crippen LogP contribution < -0.4 is 5.32 Å². The summed E-state index contributed by atoms with van der Waals surface area (Å²) in [4.78, 5) is 0. The molecule has 1 aliphatic heterocycles. The Morgan fingerprint density at radius 1 is 1.31 bits per heavy atom. The lowest BCUT2D eigenvalue weighted by molar-refractivity contribution is 0.0983. The highest BCUT2D eigenvalue weighted by Gasteiger charge is 2.16. The standard InChI is InChI=1S/C14H29NO/c1-12(9-10-15-14(2,3)4)7-8-13-6-5-11-16-13/h12-13,15H,5-11H2,1-4H3. The minimum Gasteiger partial charge on any atom is -0.378 e.